The third-order valence-corrected chi connectivity index (χ3v) is 9.16. The Morgan fingerprint density at radius 3 is 1.54 bits per heavy atom. The van der Waals surface area contributed by atoms with Crippen molar-refractivity contribution in [3.63, 3.8) is 0 Å². The molecule has 0 N–H and O–H groups in total. The van der Waals surface area contributed by atoms with E-state index in [2.05, 4.69) is 167 Å². The molecule has 46 heavy (non-hydrogen) atoms. The van der Waals surface area contributed by atoms with E-state index in [0.717, 1.165) is 44.6 Å². The molecule has 0 spiro atoms. The lowest BCUT2D eigenvalue weighted by Gasteiger charge is -2.19. The lowest BCUT2D eigenvalue weighted by atomic mass is 9.98. The Morgan fingerprint density at radius 1 is 0.370 bits per heavy atom. The Bertz CT molecular complexity index is 2600. The maximum absolute atomic E-state index is 10.1. The van der Waals surface area contributed by atoms with Crippen molar-refractivity contribution in [3.8, 4) is 39.7 Å². The molecule has 0 aliphatic carbocycles. The molecule has 7 aromatic carbocycles. The number of rotatable bonds is 4. The number of benzene rings is 7. The molecule has 3 nitrogen and oxygen atoms in total. The van der Waals surface area contributed by atoms with Gasteiger partial charge in [0.15, 0.2) is 0 Å². The standard InChI is InChI=1S/C43H27N3/c44-28-29-22-24-42(46-41-21-11-7-17-35(41)37-27-31(23-25-43(37)46)30-12-2-1-3-13-30)36(26-29)34-16-6-10-20-40(34)45-38-18-8-4-14-32(38)33-15-5-9-19-39(33)45/h1-27H. The van der Waals surface area contributed by atoms with Crippen molar-refractivity contribution < 1.29 is 0 Å². The molecule has 9 rings (SSSR count). The summed E-state index contributed by atoms with van der Waals surface area (Å²) in [4.78, 5) is 0. The van der Waals surface area contributed by atoms with E-state index in [4.69, 9.17) is 0 Å². The van der Waals surface area contributed by atoms with Crippen LogP contribution >= 0.6 is 0 Å². The molecule has 0 atom stereocenters. The number of aromatic nitrogens is 2. The highest BCUT2D eigenvalue weighted by molar-refractivity contribution is 6.12. The largest absolute Gasteiger partial charge is 0.309 e. The molecule has 0 aliphatic heterocycles. The van der Waals surface area contributed by atoms with Gasteiger partial charge in [-0.05, 0) is 65.7 Å². The van der Waals surface area contributed by atoms with Gasteiger partial charge in [-0.25, -0.2) is 0 Å². The number of hydrogen-bond donors (Lipinski definition) is 0. The predicted molar refractivity (Wildman–Crippen MR) is 191 cm³/mol. The van der Waals surface area contributed by atoms with Crippen LogP contribution in [0.15, 0.2) is 164 Å². The van der Waals surface area contributed by atoms with Crippen molar-refractivity contribution in [2.24, 2.45) is 0 Å². The van der Waals surface area contributed by atoms with Crippen LogP contribution in [0.4, 0.5) is 0 Å². The molecule has 0 bridgehead atoms. The van der Waals surface area contributed by atoms with Crippen LogP contribution in [0.5, 0.6) is 0 Å². The molecule has 3 heteroatoms. The van der Waals surface area contributed by atoms with Crippen LogP contribution in [-0.4, -0.2) is 9.13 Å². The Morgan fingerprint density at radius 2 is 0.891 bits per heavy atom. The normalized spacial score (nSPS) is 11.5. The minimum absolute atomic E-state index is 0.628. The Balaban J connectivity index is 1.35. The zero-order valence-electron chi connectivity index (χ0n) is 24.9. The minimum Gasteiger partial charge on any atom is -0.309 e. The first-order valence-corrected chi connectivity index (χ1v) is 15.5. The van der Waals surface area contributed by atoms with Crippen LogP contribution in [0.1, 0.15) is 5.56 Å². The molecular formula is C43H27N3. The summed E-state index contributed by atoms with van der Waals surface area (Å²) in [6.07, 6.45) is 0. The summed E-state index contributed by atoms with van der Waals surface area (Å²) in [7, 11) is 0. The van der Waals surface area contributed by atoms with E-state index in [9.17, 15) is 5.26 Å². The van der Waals surface area contributed by atoms with Gasteiger partial charge in [-0.15, -0.1) is 0 Å². The maximum atomic E-state index is 10.1. The molecule has 2 heterocycles. The molecule has 214 valence electrons. The van der Waals surface area contributed by atoms with Crippen LogP contribution < -0.4 is 0 Å². The van der Waals surface area contributed by atoms with E-state index < -0.39 is 0 Å². The van der Waals surface area contributed by atoms with Gasteiger partial charge in [0.05, 0.1) is 45.1 Å². The summed E-state index contributed by atoms with van der Waals surface area (Å²) in [6, 6.07) is 60.1. The number of fused-ring (bicyclic) bond motifs is 6. The van der Waals surface area contributed by atoms with Crippen molar-refractivity contribution in [3.05, 3.63) is 169 Å². The molecule has 0 aliphatic rings. The molecule has 2 aromatic heterocycles. The zero-order valence-corrected chi connectivity index (χ0v) is 24.9. The minimum atomic E-state index is 0.628. The first-order valence-electron chi connectivity index (χ1n) is 15.5. The van der Waals surface area contributed by atoms with Crippen molar-refractivity contribution >= 4 is 43.6 Å². The number of hydrogen-bond acceptors (Lipinski definition) is 1. The van der Waals surface area contributed by atoms with Gasteiger partial charge in [-0.3, -0.25) is 0 Å². The molecule has 9 aromatic rings. The highest BCUT2D eigenvalue weighted by atomic mass is 15.0. The van der Waals surface area contributed by atoms with Crippen molar-refractivity contribution in [1.82, 2.24) is 9.13 Å². The molecule has 0 fully saturated rings. The molecule has 0 radical (unpaired) electrons. The zero-order chi connectivity index (χ0) is 30.6. The van der Waals surface area contributed by atoms with E-state index in [0.29, 0.717) is 5.56 Å². The Labute approximate surface area is 266 Å². The van der Waals surface area contributed by atoms with E-state index in [1.54, 1.807) is 0 Å². The van der Waals surface area contributed by atoms with Crippen LogP contribution in [0.3, 0.4) is 0 Å². The first-order chi connectivity index (χ1) is 22.8. The molecular weight excluding hydrogens is 558 g/mol. The number of nitrogens with zero attached hydrogens (tertiary/aromatic N) is 3. The second-order valence-corrected chi connectivity index (χ2v) is 11.7. The van der Waals surface area contributed by atoms with Gasteiger partial charge >= 0.3 is 0 Å². The highest BCUT2D eigenvalue weighted by Gasteiger charge is 2.20. The first kappa shape index (κ1) is 26.1. The van der Waals surface area contributed by atoms with Gasteiger partial charge in [-0.2, -0.15) is 5.26 Å². The quantitative estimate of drug-likeness (QED) is 0.202. The lowest BCUT2D eigenvalue weighted by Crippen LogP contribution is -2.02. The smallest absolute Gasteiger partial charge is 0.0991 e. The van der Waals surface area contributed by atoms with Gasteiger partial charge in [0.1, 0.15) is 0 Å². The third kappa shape index (κ3) is 3.91. The molecule has 0 saturated carbocycles. The third-order valence-electron chi connectivity index (χ3n) is 9.16. The van der Waals surface area contributed by atoms with Crippen LogP contribution in [-0.2, 0) is 0 Å². The van der Waals surface area contributed by atoms with Gasteiger partial charge in [-0.1, -0.05) is 109 Å². The summed E-state index contributed by atoms with van der Waals surface area (Å²) in [5.74, 6) is 0. The summed E-state index contributed by atoms with van der Waals surface area (Å²) in [6.45, 7) is 0. The van der Waals surface area contributed by atoms with Crippen LogP contribution in [0.25, 0.3) is 77.2 Å². The van der Waals surface area contributed by atoms with E-state index in [1.807, 2.05) is 12.1 Å². The summed E-state index contributed by atoms with van der Waals surface area (Å²) in [5, 5.41) is 14.9. The van der Waals surface area contributed by atoms with Gasteiger partial charge in [0.25, 0.3) is 0 Å². The molecule has 0 saturated heterocycles. The van der Waals surface area contributed by atoms with E-state index in [1.165, 1.54) is 32.7 Å². The summed E-state index contributed by atoms with van der Waals surface area (Å²) < 4.78 is 4.72. The average Bonchev–Trinajstić information content (AvgIpc) is 3.64. The summed E-state index contributed by atoms with van der Waals surface area (Å²) in [5.41, 5.74) is 11.7. The Kier molecular flexibility index (Phi) is 5.88. The maximum Gasteiger partial charge on any atom is 0.0991 e. The van der Waals surface area contributed by atoms with E-state index in [-0.39, 0.29) is 0 Å². The lowest BCUT2D eigenvalue weighted by molar-refractivity contribution is 1.16. The second-order valence-electron chi connectivity index (χ2n) is 11.7. The van der Waals surface area contributed by atoms with Gasteiger partial charge < -0.3 is 9.13 Å². The van der Waals surface area contributed by atoms with Crippen LogP contribution in [0, 0.1) is 11.3 Å². The highest BCUT2D eigenvalue weighted by Crippen LogP contribution is 2.41. The fourth-order valence-corrected chi connectivity index (χ4v) is 7.14. The van der Waals surface area contributed by atoms with Gasteiger partial charge in [0, 0.05) is 32.7 Å². The Hall–Kier alpha value is -6.37. The monoisotopic (exact) mass is 585 g/mol. The van der Waals surface area contributed by atoms with Gasteiger partial charge in [0.2, 0.25) is 0 Å². The SMILES string of the molecule is N#Cc1ccc(-n2c3ccccc3c3cc(-c4ccccc4)ccc32)c(-c2ccccc2-n2c3ccccc3c3ccccc32)c1. The summed E-state index contributed by atoms with van der Waals surface area (Å²) >= 11 is 0. The fourth-order valence-electron chi connectivity index (χ4n) is 7.14. The number of nitriles is 1. The second kappa shape index (κ2) is 10.4. The topological polar surface area (TPSA) is 33.6 Å². The van der Waals surface area contributed by atoms with Crippen molar-refractivity contribution in [1.29, 1.82) is 5.26 Å². The van der Waals surface area contributed by atoms with E-state index >= 15 is 0 Å². The fraction of sp³-hybridized carbons (Fsp3) is 0. The number of para-hydroxylation sites is 4. The predicted octanol–water partition coefficient (Wildman–Crippen LogP) is 11.1. The van der Waals surface area contributed by atoms with Crippen molar-refractivity contribution in [2.45, 2.75) is 0 Å². The van der Waals surface area contributed by atoms with Crippen molar-refractivity contribution in [2.75, 3.05) is 0 Å². The molecule has 0 amide bonds. The molecule has 0 unspecified atom stereocenters. The van der Waals surface area contributed by atoms with Crippen LogP contribution in [0.2, 0.25) is 0 Å². The average molecular weight is 586 g/mol.